The Labute approximate surface area is 175 Å². The number of amides is 2. The van der Waals surface area contributed by atoms with E-state index in [9.17, 15) is 9.90 Å². The summed E-state index contributed by atoms with van der Waals surface area (Å²) >= 11 is 0. The number of amidine groups is 1. The highest BCUT2D eigenvalue weighted by Crippen LogP contribution is 2.23. The summed E-state index contributed by atoms with van der Waals surface area (Å²) < 4.78 is 7.79. The summed E-state index contributed by atoms with van der Waals surface area (Å²) in [6, 6.07) is 6.63. The molecule has 2 heterocycles. The number of aliphatic imine (C=N–C) groups is 1. The van der Waals surface area contributed by atoms with Gasteiger partial charge in [0.1, 0.15) is 23.4 Å². The number of urea groups is 1. The maximum Gasteiger partial charge on any atom is 0.323 e. The summed E-state index contributed by atoms with van der Waals surface area (Å²) in [5, 5.41) is 12.6. The highest BCUT2D eigenvalue weighted by Gasteiger charge is 2.35. The normalized spacial score (nSPS) is 19.8. The highest BCUT2D eigenvalue weighted by molar-refractivity contribution is 6.08. The fraction of sp³-hybridized carbons (Fsp3) is 0.318. The van der Waals surface area contributed by atoms with Gasteiger partial charge in [-0.05, 0) is 55.7 Å². The Hall–Kier alpha value is -3.39. The molecule has 30 heavy (non-hydrogen) atoms. The number of carbonyl (C=O) groups excluding carboxylic acids is 1. The summed E-state index contributed by atoms with van der Waals surface area (Å²) in [5.74, 6) is 2.03. The molecule has 0 bridgehead atoms. The molecule has 2 amide bonds. The number of imidazole rings is 1. The van der Waals surface area contributed by atoms with Crippen LogP contribution in [0.15, 0.2) is 72.0 Å². The van der Waals surface area contributed by atoms with Crippen molar-refractivity contribution in [3.63, 3.8) is 0 Å². The third-order valence-electron chi connectivity index (χ3n) is 5.02. The number of ether oxygens (including phenoxy) is 1. The van der Waals surface area contributed by atoms with Crippen molar-refractivity contribution < 1.29 is 14.6 Å². The molecule has 1 aromatic carbocycles. The molecule has 156 valence electrons. The minimum Gasteiger partial charge on any atom is -0.458 e. The molecule has 2 N–H and O–H groups in total. The second-order valence-corrected chi connectivity index (χ2v) is 7.16. The zero-order valence-electron chi connectivity index (χ0n) is 16.6. The van der Waals surface area contributed by atoms with Gasteiger partial charge in [0.05, 0.1) is 18.6 Å². The predicted molar refractivity (Wildman–Crippen MR) is 114 cm³/mol. The molecule has 8 nitrogen and oxygen atoms in total. The molecule has 8 heteroatoms. The molecular weight excluding hydrogens is 382 g/mol. The number of aliphatic hydroxyl groups excluding tert-OH is 1. The van der Waals surface area contributed by atoms with Crippen LogP contribution in [-0.2, 0) is 6.54 Å². The van der Waals surface area contributed by atoms with Gasteiger partial charge in [-0.2, -0.15) is 0 Å². The lowest BCUT2D eigenvalue weighted by atomic mass is 10.2. The zero-order chi connectivity index (χ0) is 20.8. The highest BCUT2D eigenvalue weighted by atomic mass is 16.5. The van der Waals surface area contributed by atoms with Crippen LogP contribution in [0.5, 0.6) is 5.75 Å². The number of hydrogen-bond acceptors (Lipinski definition) is 5. The summed E-state index contributed by atoms with van der Waals surface area (Å²) in [6.45, 7) is 1.08. The van der Waals surface area contributed by atoms with E-state index in [0.29, 0.717) is 18.1 Å². The van der Waals surface area contributed by atoms with E-state index in [1.54, 1.807) is 17.4 Å². The maximum absolute atomic E-state index is 12.4. The number of nitrogens with one attached hydrogen (secondary N) is 1. The minimum atomic E-state index is -0.478. The number of rotatable bonds is 8. The molecule has 4 rings (SSSR count). The second-order valence-electron chi connectivity index (χ2n) is 7.16. The molecule has 0 spiro atoms. The van der Waals surface area contributed by atoms with Gasteiger partial charge in [-0.15, -0.1) is 0 Å². The SMILES string of the molecule is O=C1NC(=Nc2ccc(OC3=CCCC=C3)cc2)C(CO)N1CCCn1ccnc1. The van der Waals surface area contributed by atoms with Gasteiger partial charge in [0, 0.05) is 25.5 Å². The molecular formula is C22H25N5O3. The van der Waals surface area contributed by atoms with Crippen LogP contribution in [0.3, 0.4) is 0 Å². The van der Waals surface area contributed by atoms with Gasteiger partial charge in [-0.25, -0.2) is 14.8 Å². The van der Waals surface area contributed by atoms with Gasteiger partial charge in [-0.1, -0.05) is 6.08 Å². The standard InChI is InChI=1S/C22H25N5O3/c28-15-20-21(25-22(29)27(20)13-4-12-26-14-11-23-16-26)24-17-7-9-19(10-8-17)30-18-5-2-1-3-6-18/h2,5-11,14,16,20,28H,1,3-4,12-13,15H2,(H,24,25,29). The summed E-state index contributed by atoms with van der Waals surface area (Å²) in [6.07, 6.45) is 14.3. The Morgan fingerprint density at radius 2 is 2.10 bits per heavy atom. The molecule has 1 aliphatic heterocycles. The van der Waals surface area contributed by atoms with Crippen molar-refractivity contribution in [1.82, 2.24) is 19.8 Å². The third kappa shape index (κ3) is 4.77. The molecule has 1 saturated heterocycles. The van der Waals surface area contributed by atoms with Crippen molar-refractivity contribution in [2.75, 3.05) is 13.2 Å². The lowest BCUT2D eigenvalue weighted by Crippen LogP contribution is -2.38. The van der Waals surface area contributed by atoms with Crippen molar-refractivity contribution in [3.8, 4) is 5.75 Å². The van der Waals surface area contributed by atoms with Crippen LogP contribution < -0.4 is 10.1 Å². The molecule has 0 radical (unpaired) electrons. The van der Waals surface area contributed by atoms with E-state index in [4.69, 9.17) is 4.74 Å². The van der Waals surface area contributed by atoms with Crippen LogP contribution in [0, 0.1) is 0 Å². The van der Waals surface area contributed by atoms with Crippen molar-refractivity contribution in [2.24, 2.45) is 4.99 Å². The van der Waals surface area contributed by atoms with E-state index < -0.39 is 6.04 Å². The van der Waals surface area contributed by atoms with Crippen LogP contribution in [0.1, 0.15) is 19.3 Å². The number of aromatic nitrogens is 2. The monoisotopic (exact) mass is 407 g/mol. The van der Waals surface area contributed by atoms with Gasteiger partial charge in [0.15, 0.2) is 0 Å². The molecule has 1 aromatic heterocycles. The van der Waals surface area contributed by atoms with Crippen molar-refractivity contribution in [1.29, 1.82) is 0 Å². The van der Waals surface area contributed by atoms with E-state index in [0.717, 1.165) is 37.3 Å². The van der Waals surface area contributed by atoms with Crippen LogP contribution in [0.25, 0.3) is 0 Å². The molecule has 0 saturated carbocycles. The maximum atomic E-state index is 12.4. The fourth-order valence-electron chi connectivity index (χ4n) is 3.47. The third-order valence-corrected chi connectivity index (χ3v) is 5.02. The second kappa shape index (κ2) is 9.41. The number of aryl methyl sites for hydroxylation is 1. The molecule has 1 atom stereocenters. The van der Waals surface area contributed by atoms with Crippen molar-refractivity contribution >= 4 is 17.6 Å². The minimum absolute atomic E-state index is 0.190. The molecule has 1 unspecified atom stereocenters. The van der Waals surface area contributed by atoms with Gasteiger partial charge in [-0.3, -0.25) is 5.32 Å². The summed E-state index contributed by atoms with van der Waals surface area (Å²) in [7, 11) is 0. The topological polar surface area (TPSA) is 92.0 Å². The van der Waals surface area contributed by atoms with E-state index in [2.05, 4.69) is 27.4 Å². The number of nitrogens with zero attached hydrogens (tertiary/aromatic N) is 4. The van der Waals surface area contributed by atoms with Crippen LogP contribution in [0.2, 0.25) is 0 Å². The largest absolute Gasteiger partial charge is 0.458 e. The first-order valence-corrected chi connectivity index (χ1v) is 10.1. The van der Waals surface area contributed by atoms with Crippen LogP contribution >= 0.6 is 0 Å². The quantitative estimate of drug-likeness (QED) is 0.704. The lowest BCUT2D eigenvalue weighted by molar-refractivity contribution is 0.174. The molecule has 1 aliphatic carbocycles. The van der Waals surface area contributed by atoms with Crippen molar-refractivity contribution in [2.45, 2.75) is 31.8 Å². The van der Waals surface area contributed by atoms with Gasteiger partial charge in [0.2, 0.25) is 0 Å². The first kappa shape index (κ1) is 19.9. The summed E-state index contributed by atoms with van der Waals surface area (Å²) in [5.41, 5.74) is 0.685. The first-order valence-electron chi connectivity index (χ1n) is 10.1. The predicted octanol–water partition coefficient (Wildman–Crippen LogP) is 3.00. The Kier molecular flexibility index (Phi) is 6.24. The number of carbonyl (C=O) groups is 1. The average Bonchev–Trinajstić information content (AvgIpc) is 3.38. The summed E-state index contributed by atoms with van der Waals surface area (Å²) in [4.78, 5) is 22.6. The van der Waals surface area contributed by atoms with Crippen molar-refractivity contribution in [3.05, 3.63) is 67.0 Å². The Balaban J connectivity index is 1.39. The molecule has 2 aromatic rings. The smallest absolute Gasteiger partial charge is 0.323 e. The Morgan fingerprint density at radius 3 is 2.80 bits per heavy atom. The number of hydrogen-bond donors (Lipinski definition) is 2. The van der Waals surface area contributed by atoms with Gasteiger partial charge >= 0.3 is 6.03 Å². The number of allylic oxidation sites excluding steroid dienone is 3. The molecule has 2 aliphatic rings. The van der Waals surface area contributed by atoms with Crippen LogP contribution in [-0.4, -0.2) is 50.6 Å². The lowest BCUT2D eigenvalue weighted by Gasteiger charge is -2.21. The van der Waals surface area contributed by atoms with Gasteiger partial charge < -0.3 is 19.3 Å². The van der Waals surface area contributed by atoms with E-state index in [-0.39, 0.29) is 12.6 Å². The Bertz CT molecular complexity index is 948. The van der Waals surface area contributed by atoms with E-state index in [1.165, 1.54) is 0 Å². The fourth-order valence-corrected chi connectivity index (χ4v) is 3.47. The number of aliphatic hydroxyl groups is 1. The zero-order valence-corrected chi connectivity index (χ0v) is 16.6. The van der Waals surface area contributed by atoms with E-state index >= 15 is 0 Å². The van der Waals surface area contributed by atoms with Gasteiger partial charge in [0.25, 0.3) is 0 Å². The first-order chi connectivity index (χ1) is 14.7. The average molecular weight is 407 g/mol. The Morgan fingerprint density at radius 1 is 1.23 bits per heavy atom. The molecule has 1 fully saturated rings. The van der Waals surface area contributed by atoms with Crippen LogP contribution in [0.4, 0.5) is 10.5 Å². The number of benzene rings is 1. The van der Waals surface area contributed by atoms with E-state index in [1.807, 2.05) is 41.1 Å².